The monoisotopic (exact) mass is 289 g/mol. The number of ether oxygens (including phenoxy) is 1. The number of aliphatic hydroxyl groups excluding tert-OH is 1. The third-order valence-electron chi connectivity index (χ3n) is 3.01. The summed E-state index contributed by atoms with van der Waals surface area (Å²) < 4.78 is 40.6. The first kappa shape index (κ1) is 14.6. The maximum absolute atomic E-state index is 12.0. The predicted octanol–water partition coefficient (Wildman–Crippen LogP) is 1.97. The van der Waals surface area contributed by atoms with Crippen molar-refractivity contribution in [1.82, 2.24) is 0 Å². The highest BCUT2D eigenvalue weighted by molar-refractivity contribution is 5.95. The first-order valence-electron chi connectivity index (χ1n) is 6.10. The van der Waals surface area contributed by atoms with Crippen LogP contribution in [0.2, 0.25) is 0 Å². The molecular weight excluding hydrogens is 275 g/mol. The summed E-state index contributed by atoms with van der Waals surface area (Å²) in [4.78, 5) is 13.2. The van der Waals surface area contributed by atoms with Crippen molar-refractivity contribution < 1.29 is 27.8 Å². The van der Waals surface area contributed by atoms with Gasteiger partial charge in [-0.3, -0.25) is 4.79 Å². The maximum Gasteiger partial charge on any atom is 0.422 e. The number of hydrogen-bond donors (Lipinski definition) is 1. The van der Waals surface area contributed by atoms with Gasteiger partial charge in [0.1, 0.15) is 5.75 Å². The van der Waals surface area contributed by atoms with Crippen LogP contribution in [0.15, 0.2) is 24.3 Å². The van der Waals surface area contributed by atoms with Gasteiger partial charge in [0.2, 0.25) is 5.91 Å². The average Bonchev–Trinajstić information content (AvgIpc) is 2.77. The molecular formula is C13H14F3NO3. The highest BCUT2D eigenvalue weighted by Crippen LogP contribution is 2.27. The van der Waals surface area contributed by atoms with E-state index in [1.165, 1.54) is 29.2 Å². The van der Waals surface area contributed by atoms with Crippen LogP contribution in [-0.4, -0.2) is 36.9 Å². The minimum Gasteiger partial charge on any atom is -0.484 e. The van der Waals surface area contributed by atoms with Crippen LogP contribution in [0.5, 0.6) is 5.75 Å². The summed E-state index contributed by atoms with van der Waals surface area (Å²) in [6.07, 6.45) is -4.10. The van der Waals surface area contributed by atoms with Crippen molar-refractivity contribution in [1.29, 1.82) is 0 Å². The standard InChI is InChI=1S/C13H14F3NO3/c14-13(15,16)8-20-11-3-1-10(2-4-11)17-6-9(7-18)5-12(17)19/h1-4,9,18H,5-8H2. The topological polar surface area (TPSA) is 49.8 Å². The van der Waals surface area contributed by atoms with E-state index in [4.69, 9.17) is 5.11 Å². The average molecular weight is 289 g/mol. The Balaban J connectivity index is 2.00. The summed E-state index contributed by atoms with van der Waals surface area (Å²) in [5, 5.41) is 9.03. The molecule has 0 aromatic heterocycles. The zero-order chi connectivity index (χ0) is 14.8. The molecule has 0 radical (unpaired) electrons. The Morgan fingerprint density at radius 3 is 2.45 bits per heavy atom. The van der Waals surface area contributed by atoms with Gasteiger partial charge in [0.05, 0.1) is 0 Å². The molecule has 0 aliphatic carbocycles. The van der Waals surface area contributed by atoms with Gasteiger partial charge in [-0.1, -0.05) is 0 Å². The number of rotatable bonds is 4. The molecule has 1 aliphatic rings. The molecule has 1 amide bonds. The van der Waals surface area contributed by atoms with E-state index in [9.17, 15) is 18.0 Å². The molecule has 4 nitrogen and oxygen atoms in total. The Morgan fingerprint density at radius 1 is 1.30 bits per heavy atom. The number of halogens is 3. The lowest BCUT2D eigenvalue weighted by molar-refractivity contribution is -0.153. The van der Waals surface area contributed by atoms with Crippen LogP contribution in [0.3, 0.4) is 0 Å². The molecule has 0 bridgehead atoms. The number of nitrogens with zero attached hydrogens (tertiary/aromatic N) is 1. The normalized spacial score (nSPS) is 19.5. The summed E-state index contributed by atoms with van der Waals surface area (Å²) in [7, 11) is 0. The Morgan fingerprint density at radius 2 is 1.95 bits per heavy atom. The molecule has 110 valence electrons. The Hall–Kier alpha value is -1.76. The molecule has 1 aromatic rings. The van der Waals surface area contributed by atoms with Gasteiger partial charge in [0, 0.05) is 31.2 Å². The third kappa shape index (κ3) is 3.63. The van der Waals surface area contributed by atoms with Crippen LogP contribution < -0.4 is 9.64 Å². The van der Waals surface area contributed by atoms with Crippen LogP contribution in [0.4, 0.5) is 18.9 Å². The second kappa shape index (κ2) is 5.70. The summed E-state index contributed by atoms with van der Waals surface area (Å²) in [6, 6.07) is 5.84. The molecule has 1 aliphatic heterocycles. The van der Waals surface area contributed by atoms with Gasteiger partial charge in [-0.2, -0.15) is 13.2 Å². The highest BCUT2D eigenvalue weighted by atomic mass is 19.4. The Bertz CT molecular complexity index is 473. The second-order valence-corrected chi connectivity index (χ2v) is 4.65. The van der Waals surface area contributed by atoms with Crippen LogP contribution in [0, 0.1) is 5.92 Å². The van der Waals surface area contributed by atoms with Crippen LogP contribution >= 0.6 is 0 Å². The third-order valence-corrected chi connectivity index (χ3v) is 3.01. The van der Waals surface area contributed by atoms with Crippen molar-refractivity contribution in [3.8, 4) is 5.75 Å². The molecule has 1 fully saturated rings. The number of carbonyl (C=O) groups is 1. The maximum atomic E-state index is 12.0. The number of aliphatic hydroxyl groups is 1. The zero-order valence-electron chi connectivity index (χ0n) is 10.6. The van der Waals surface area contributed by atoms with E-state index < -0.39 is 12.8 Å². The molecule has 1 saturated heterocycles. The number of anilines is 1. The SMILES string of the molecule is O=C1CC(CO)CN1c1ccc(OCC(F)(F)F)cc1. The van der Waals surface area contributed by atoms with Crippen LogP contribution in [0.1, 0.15) is 6.42 Å². The van der Waals surface area contributed by atoms with E-state index in [1.54, 1.807) is 0 Å². The summed E-state index contributed by atoms with van der Waals surface area (Å²) in [6.45, 7) is -0.991. The van der Waals surface area contributed by atoms with Gasteiger partial charge in [-0.05, 0) is 24.3 Å². The molecule has 1 N–H and O–H groups in total. The fourth-order valence-corrected chi connectivity index (χ4v) is 2.04. The van der Waals surface area contributed by atoms with Crippen molar-refractivity contribution in [3.63, 3.8) is 0 Å². The molecule has 20 heavy (non-hydrogen) atoms. The first-order valence-corrected chi connectivity index (χ1v) is 6.10. The largest absolute Gasteiger partial charge is 0.484 e. The molecule has 0 spiro atoms. The lowest BCUT2D eigenvalue weighted by Crippen LogP contribution is -2.24. The molecule has 2 rings (SSSR count). The van der Waals surface area contributed by atoms with Gasteiger partial charge in [-0.15, -0.1) is 0 Å². The zero-order valence-corrected chi connectivity index (χ0v) is 10.6. The molecule has 1 atom stereocenters. The summed E-state index contributed by atoms with van der Waals surface area (Å²) in [5.74, 6) is -0.104. The predicted molar refractivity (Wildman–Crippen MR) is 65.5 cm³/mol. The van der Waals surface area contributed by atoms with Gasteiger partial charge < -0.3 is 14.7 Å². The van der Waals surface area contributed by atoms with Crippen molar-refractivity contribution in [2.45, 2.75) is 12.6 Å². The van der Waals surface area contributed by atoms with Crippen molar-refractivity contribution in [2.75, 3.05) is 24.7 Å². The quantitative estimate of drug-likeness (QED) is 0.922. The summed E-state index contributed by atoms with van der Waals surface area (Å²) >= 11 is 0. The Labute approximate surface area is 113 Å². The number of hydrogen-bond acceptors (Lipinski definition) is 3. The summed E-state index contributed by atoms with van der Waals surface area (Å²) in [5.41, 5.74) is 0.588. The van der Waals surface area contributed by atoms with Crippen LogP contribution in [0.25, 0.3) is 0 Å². The fraction of sp³-hybridized carbons (Fsp3) is 0.462. The van der Waals surface area contributed by atoms with E-state index in [1.807, 2.05) is 0 Å². The first-order chi connectivity index (χ1) is 9.39. The molecule has 1 heterocycles. The Kier molecular flexibility index (Phi) is 4.17. The van der Waals surface area contributed by atoms with Gasteiger partial charge in [-0.25, -0.2) is 0 Å². The smallest absolute Gasteiger partial charge is 0.422 e. The molecule has 7 heteroatoms. The van der Waals surface area contributed by atoms with E-state index in [0.717, 1.165) is 0 Å². The lowest BCUT2D eigenvalue weighted by atomic mass is 10.1. The number of alkyl halides is 3. The number of benzene rings is 1. The molecule has 1 unspecified atom stereocenters. The molecule has 1 aromatic carbocycles. The van der Waals surface area contributed by atoms with E-state index in [-0.39, 0.29) is 30.6 Å². The van der Waals surface area contributed by atoms with Crippen LogP contribution in [-0.2, 0) is 4.79 Å². The lowest BCUT2D eigenvalue weighted by Gasteiger charge is -2.17. The second-order valence-electron chi connectivity index (χ2n) is 4.65. The minimum atomic E-state index is -4.38. The fourth-order valence-electron chi connectivity index (χ4n) is 2.04. The van der Waals surface area contributed by atoms with E-state index in [0.29, 0.717) is 12.2 Å². The number of carbonyl (C=O) groups excluding carboxylic acids is 1. The van der Waals surface area contributed by atoms with E-state index >= 15 is 0 Å². The minimum absolute atomic E-state index is 0.0605. The van der Waals surface area contributed by atoms with E-state index in [2.05, 4.69) is 4.74 Å². The van der Waals surface area contributed by atoms with Gasteiger partial charge >= 0.3 is 6.18 Å². The molecule has 0 saturated carbocycles. The van der Waals surface area contributed by atoms with Crippen molar-refractivity contribution in [3.05, 3.63) is 24.3 Å². The van der Waals surface area contributed by atoms with Gasteiger partial charge in [0.25, 0.3) is 0 Å². The van der Waals surface area contributed by atoms with Crippen molar-refractivity contribution >= 4 is 11.6 Å². The number of amides is 1. The van der Waals surface area contributed by atoms with Crippen molar-refractivity contribution in [2.24, 2.45) is 5.92 Å². The van der Waals surface area contributed by atoms with Gasteiger partial charge in [0.15, 0.2) is 6.61 Å². The highest BCUT2D eigenvalue weighted by Gasteiger charge is 2.30.